The van der Waals surface area contributed by atoms with Gasteiger partial charge in [-0.3, -0.25) is 14.7 Å². The first-order valence-corrected chi connectivity index (χ1v) is 12.4. The number of nitrogens with zero attached hydrogens (tertiary/aromatic N) is 2. The Morgan fingerprint density at radius 3 is 2.61 bits per heavy atom. The van der Waals surface area contributed by atoms with Crippen LogP contribution in [0.3, 0.4) is 0 Å². The molecule has 2 aromatic rings. The Hall–Kier alpha value is -2.71. The van der Waals surface area contributed by atoms with Gasteiger partial charge in [-0.1, -0.05) is 18.2 Å². The van der Waals surface area contributed by atoms with Gasteiger partial charge in [0.15, 0.2) is 9.84 Å². The van der Waals surface area contributed by atoms with Gasteiger partial charge in [-0.2, -0.15) is 0 Å². The summed E-state index contributed by atoms with van der Waals surface area (Å²) >= 11 is 0. The van der Waals surface area contributed by atoms with Crippen molar-refractivity contribution < 1.29 is 17.9 Å². The van der Waals surface area contributed by atoms with Crippen molar-refractivity contribution >= 4 is 21.8 Å². The van der Waals surface area contributed by atoms with E-state index >= 15 is 0 Å². The molecule has 0 aliphatic carbocycles. The third-order valence-corrected chi connectivity index (χ3v) is 7.40. The van der Waals surface area contributed by atoms with E-state index in [9.17, 15) is 13.2 Å². The predicted molar refractivity (Wildman–Crippen MR) is 119 cm³/mol. The van der Waals surface area contributed by atoms with Crippen LogP contribution in [-0.4, -0.2) is 60.9 Å². The van der Waals surface area contributed by atoms with Crippen LogP contribution in [0.1, 0.15) is 24.1 Å². The van der Waals surface area contributed by atoms with Crippen LogP contribution in [0.5, 0.6) is 5.75 Å². The molecule has 2 aliphatic rings. The minimum absolute atomic E-state index is 0.00997. The first-order valence-electron chi connectivity index (χ1n) is 10.5. The first-order chi connectivity index (χ1) is 15.0. The number of aromatic nitrogens is 1. The molecule has 164 valence electrons. The van der Waals surface area contributed by atoms with Crippen molar-refractivity contribution in [3.8, 4) is 5.75 Å². The van der Waals surface area contributed by atoms with Gasteiger partial charge in [-0.05, 0) is 61.8 Å². The smallest absolute Gasteiger partial charge is 0.244 e. The van der Waals surface area contributed by atoms with Gasteiger partial charge in [0, 0.05) is 18.3 Å². The normalized spacial score (nSPS) is 23.2. The molecule has 0 radical (unpaired) electrons. The Bertz CT molecular complexity index is 1020. The van der Waals surface area contributed by atoms with Crippen LogP contribution in [0, 0.1) is 0 Å². The molecular formula is C23H27N3O4S. The zero-order valence-corrected chi connectivity index (χ0v) is 18.1. The molecule has 2 aliphatic heterocycles. The van der Waals surface area contributed by atoms with Crippen molar-refractivity contribution in [1.29, 1.82) is 0 Å². The number of hydrogen-bond donors (Lipinski definition) is 1. The summed E-state index contributed by atoms with van der Waals surface area (Å²) in [5, 5.41) is 2.90. The van der Waals surface area contributed by atoms with Crippen molar-refractivity contribution in [2.45, 2.75) is 31.5 Å². The van der Waals surface area contributed by atoms with Gasteiger partial charge < -0.3 is 10.1 Å². The number of pyridine rings is 1. The molecule has 7 nitrogen and oxygen atoms in total. The summed E-state index contributed by atoms with van der Waals surface area (Å²) in [5.74, 6) is 0.580. The summed E-state index contributed by atoms with van der Waals surface area (Å²) in [6.07, 6.45) is 7.06. The van der Waals surface area contributed by atoms with Crippen molar-refractivity contribution in [1.82, 2.24) is 15.2 Å². The number of ether oxygens (including phenoxy) is 1. The Morgan fingerprint density at radius 1 is 1.13 bits per heavy atom. The van der Waals surface area contributed by atoms with E-state index in [1.165, 1.54) is 6.08 Å². The lowest BCUT2D eigenvalue weighted by atomic mass is 10.1. The Kier molecular flexibility index (Phi) is 6.67. The summed E-state index contributed by atoms with van der Waals surface area (Å²) in [6, 6.07) is 12.6. The molecule has 2 atom stereocenters. The number of likely N-dealkylation sites (tertiary alicyclic amines) is 1. The highest BCUT2D eigenvalue weighted by molar-refractivity contribution is 7.91. The molecule has 1 amide bonds. The molecule has 2 unspecified atom stereocenters. The minimum Gasteiger partial charge on any atom is -0.487 e. The second-order valence-corrected chi connectivity index (χ2v) is 10.2. The topological polar surface area (TPSA) is 88.6 Å². The highest BCUT2D eigenvalue weighted by atomic mass is 32.2. The second-order valence-electron chi connectivity index (χ2n) is 8.01. The average molecular weight is 442 g/mol. The third kappa shape index (κ3) is 5.92. The molecule has 8 heteroatoms. The molecule has 31 heavy (non-hydrogen) atoms. The number of amides is 1. The third-order valence-electron chi connectivity index (χ3n) is 5.68. The molecule has 3 heterocycles. The molecule has 0 saturated carbocycles. The predicted octanol–water partition coefficient (Wildman–Crippen LogP) is 2.05. The van der Waals surface area contributed by atoms with Crippen LogP contribution >= 0.6 is 0 Å². The van der Waals surface area contributed by atoms with Crippen LogP contribution in [-0.2, 0) is 21.2 Å². The van der Waals surface area contributed by atoms with Crippen LogP contribution in [0.2, 0.25) is 0 Å². The number of nitrogens with one attached hydrogen (secondary N) is 1. The summed E-state index contributed by atoms with van der Waals surface area (Å²) in [6.45, 7) is 2.19. The average Bonchev–Trinajstić information content (AvgIpc) is 3.39. The Balaban J connectivity index is 1.31. The SMILES string of the molecule is O=C(/C=C/c1ccc(OCc2ccccn2)cc1)NC1CS(=O)(=O)CC1N1CCCC1. The van der Waals surface area contributed by atoms with E-state index in [0.29, 0.717) is 6.61 Å². The quantitative estimate of drug-likeness (QED) is 0.662. The van der Waals surface area contributed by atoms with E-state index < -0.39 is 9.84 Å². The van der Waals surface area contributed by atoms with Crippen LogP contribution in [0.25, 0.3) is 6.08 Å². The molecule has 2 fully saturated rings. The molecule has 2 saturated heterocycles. The minimum atomic E-state index is -3.12. The van der Waals surface area contributed by atoms with Gasteiger partial charge in [0.1, 0.15) is 12.4 Å². The summed E-state index contributed by atoms with van der Waals surface area (Å²) in [5.41, 5.74) is 1.71. The molecule has 1 N–H and O–H groups in total. The van der Waals surface area contributed by atoms with E-state index in [1.807, 2.05) is 42.5 Å². The monoisotopic (exact) mass is 441 g/mol. The Labute approximate surface area is 183 Å². The molecule has 4 rings (SSSR count). The van der Waals surface area contributed by atoms with Crippen molar-refractivity contribution in [3.63, 3.8) is 0 Å². The lowest BCUT2D eigenvalue weighted by Gasteiger charge is -2.28. The molecule has 0 bridgehead atoms. The lowest BCUT2D eigenvalue weighted by molar-refractivity contribution is -0.117. The van der Waals surface area contributed by atoms with E-state index in [2.05, 4.69) is 15.2 Å². The van der Waals surface area contributed by atoms with Crippen molar-refractivity contribution in [2.75, 3.05) is 24.6 Å². The number of carbonyl (C=O) groups excluding carboxylic acids is 1. The first kappa shape index (κ1) is 21.5. The van der Waals surface area contributed by atoms with E-state index in [1.54, 1.807) is 12.3 Å². The summed E-state index contributed by atoms with van der Waals surface area (Å²) in [4.78, 5) is 18.8. The number of benzene rings is 1. The van der Waals surface area contributed by atoms with Crippen molar-refractivity contribution in [2.24, 2.45) is 0 Å². The van der Waals surface area contributed by atoms with Gasteiger partial charge in [0.25, 0.3) is 0 Å². The van der Waals surface area contributed by atoms with Gasteiger partial charge >= 0.3 is 0 Å². The van der Waals surface area contributed by atoms with E-state index in [-0.39, 0.29) is 29.5 Å². The van der Waals surface area contributed by atoms with Gasteiger partial charge in [-0.15, -0.1) is 0 Å². The second kappa shape index (κ2) is 9.62. The molecule has 0 spiro atoms. The van der Waals surface area contributed by atoms with Gasteiger partial charge in [0.2, 0.25) is 5.91 Å². The molecule has 1 aromatic carbocycles. The molecule has 1 aromatic heterocycles. The van der Waals surface area contributed by atoms with Gasteiger partial charge in [-0.25, -0.2) is 8.42 Å². The lowest BCUT2D eigenvalue weighted by Crippen LogP contribution is -2.49. The largest absolute Gasteiger partial charge is 0.487 e. The Morgan fingerprint density at radius 2 is 1.90 bits per heavy atom. The molecular weight excluding hydrogens is 414 g/mol. The maximum atomic E-state index is 12.4. The highest BCUT2D eigenvalue weighted by Crippen LogP contribution is 2.22. The van der Waals surface area contributed by atoms with Crippen LogP contribution in [0.15, 0.2) is 54.7 Å². The fourth-order valence-corrected chi connectivity index (χ4v) is 6.07. The fourth-order valence-electron chi connectivity index (χ4n) is 4.12. The van der Waals surface area contributed by atoms with Crippen molar-refractivity contribution in [3.05, 3.63) is 66.0 Å². The van der Waals surface area contributed by atoms with Crippen LogP contribution in [0.4, 0.5) is 0 Å². The maximum absolute atomic E-state index is 12.4. The zero-order valence-electron chi connectivity index (χ0n) is 17.3. The number of carbonyl (C=O) groups is 1. The number of hydrogen-bond acceptors (Lipinski definition) is 6. The summed E-state index contributed by atoms with van der Waals surface area (Å²) < 4.78 is 30.0. The summed E-state index contributed by atoms with van der Waals surface area (Å²) in [7, 11) is -3.12. The standard InChI is InChI=1S/C23H27N3O4S/c27-23(25-21-16-31(28,29)17-22(21)26-13-3-4-14-26)11-8-18-6-9-20(10-7-18)30-15-19-5-1-2-12-24-19/h1-2,5-12,21-22H,3-4,13-17H2,(H,25,27)/b11-8+. The van der Waals surface area contributed by atoms with Crippen LogP contribution < -0.4 is 10.1 Å². The highest BCUT2D eigenvalue weighted by Gasteiger charge is 2.42. The number of sulfone groups is 1. The zero-order chi connectivity index (χ0) is 21.7. The maximum Gasteiger partial charge on any atom is 0.244 e. The fraction of sp³-hybridized carbons (Fsp3) is 0.391. The van der Waals surface area contributed by atoms with Gasteiger partial charge in [0.05, 0.1) is 23.2 Å². The van der Waals surface area contributed by atoms with E-state index in [0.717, 1.165) is 42.9 Å². The number of rotatable bonds is 7. The van der Waals surface area contributed by atoms with E-state index in [4.69, 9.17) is 4.74 Å².